The first-order chi connectivity index (χ1) is 20.3. The van der Waals surface area contributed by atoms with Crippen molar-refractivity contribution < 1.29 is 23.9 Å². The average molecular weight is 589 g/mol. The highest BCUT2D eigenvalue weighted by atomic mass is 35.5. The predicted molar refractivity (Wildman–Crippen MR) is 162 cm³/mol. The number of benzene rings is 2. The Morgan fingerprint density at radius 2 is 1.90 bits per heavy atom. The second kappa shape index (κ2) is 12.7. The van der Waals surface area contributed by atoms with Crippen molar-refractivity contribution in [1.29, 1.82) is 0 Å². The van der Waals surface area contributed by atoms with Crippen molar-refractivity contribution in [3.8, 4) is 16.9 Å². The number of carbonyl (C=O) groups excluding carboxylic acids is 3. The minimum atomic E-state index is -0.603. The maximum absolute atomic E-state index is 13.6. The Balaban J connectivity index is 1.51. The number of ether oxygens (including phenoxy) is 2. The predicted octanol–water partition coefficient (Wildman–Crippen LogP) is 6.70. The molecule has 1 aromatic heterocycles. The summed E-state index contributed by atoms with van der Waals surface area (Å²) >= 11 is 6.26. The Labute approximate surface area is 249 Å². The van der Waals surface area contributed by atoms with E-state index in [-0.39, 0.29) is 23.8 Å². The third kappa shape index (κ3) is 6.26. The molecule has 218 valence electrons. The number of aromatic nitrogens is 1. The van der Waals surface area contributed by atoms with E-state index in [1.54, 1.807) is 43.6 Å². The molecule has 10 heteroatoms. The fourth-order valence-corrected chi connectivity index (χ4v) is 5.69. The fraction of sp³-hybridized carbons (Fsp3) is 0.312. The first-order valence-electron chi connectivity index (χ1n) is 13.9. The Kier molecular flexibility index (Phi) is 8.77. The van der Waals surface area contributed by atoms with Crippen molar-refractivity contribution in [2.45, 2.75) is 38.6 Å². The summed E-state index contributed by atoms with van der Waals surface area (Å²) in [5, 5.41) is 6.27. The molecule has 42 heavy (non-hydrogen) atoms. The van der Waals surface area contributed by atoms with Gasteiger partial charge in [0, 0.05) is 46.6 Å². The molecule has 2 atom stereocenters. The summed E-state index contributed by atoms with van der Waals surface area (Å²) in [6.45, 7) is 2.40. The lowest BCUT2D eigenvalue weighted by Crippen LogP contribution is -2.38. The molecule has 3 heterocycles. The number of rotatable bonds is 4. The number of anilines is 2. The Morgan fingerprint density at radius 1 is 1.07 bits per heavy atom. The third-order valence-corrected chi connectivity index (χ3v) is 8.03. The number of halogens is 1. The molecule has 0 saturated carbocycles. The van der Waals surface area contributed by atoms with Crippen LogP contribution in [-0.4, -0.2) is 48.6 Å². The van der Waals surface area contributed by atoms with E-state index in [1.165, 1.54) is 7.11 Å². The molecule has 2 aliphatic rings. The molecule has 3 amide bonds. The van der Waals surface area contributed by atoms with Crippen molar-refractivity contribution >= 4 is 46.5 Å². The van der Waals surface area contributed by atoms with E-state index in [9.17, 15) is 14.4 Å². The minimum Gasteiger partial charge on any atom is -0.496 e. The quantitative estimate of drug-likeness (QED) is 0.351. The second-order valence-electron chi connectivity index (χ2n) is 10.5. The number of methoxy groups -OCH3 is 2. The van der Waals surface area contributed by atoms with Crippen LogP contribution in [0.1, 0.15) is 49.9 Å². The molecule has 2 unspecified atom stereocenters. The van der Waals surface area contributed by atoms with Crippen LogP contribution >= 0.6 is 11.6 Å². The van der Waals surface area contributed by atoms with Gasteiger partial charge in [-0.25, -0.2) is 4.79 Å². The Morgan fingerprint density at radius 3 is 2.67 bits per heavy atom. The zero-order valence-electron chi connectivity index (χ0n) is 23.8. The van der Waals surface area contributed by atoms with Crippen LogP contribution in [0, 0.1) is 5.92 Å². The molecule has 9 nitrogen and oxygen atoms in total. The summed E-state index contributed by atoms with van der Waals surface area (Å²) in [6.07, 6.45) is 5.46. The van der Waals surface area contributed by atoms with Gasteiger partial charge in [0.25, 0.3) is 0 Å². The number of nitrogens with one attached hydrogen (secondary N) is 2. The minimum absolute atomic E-state index is 0.104. The van der Waals surface area contributed by atoms with Crippen molar-refractivity contribution in [3.63, 3.8) is 0 Å². The van der Waals surface area contributed by atoms with E-state index < -0.39 is 6.09 Å². The monoisotopic (exact) mass is 588 g/mol. The van der Waals surface area contributed by atoms with E-state index >= 15 is 0 Å². The summed E-state index contributed by atoms with van der Waals surface area (Å²) in [6, 6.07) is 14.3. The van der Waals surface area contributed by atoms with Crippen molar-refractivity contribution in [1.82, 2.24) is 9.88 Å². The van der Waals surface area contributed by atoms with E-state index in [0.717, 1.165) is 34.4 Å². The van der Waals surface area contributed by atoms with Crippen LogP contribution in [0.25, 0.3) is 16.7 Å². The van der Waals surface area contributed by atoms with Gasteiger partial charge < -0.3 is 19.7 Å². The van der Waals surface area contributed by atoms with Gasteiger partial charge in [0.1, 0.15) is 5.75 Å². The molecule has 0 spiro atoms. The van der Waals surface area contributed by atoms with E-state index in [2.05, 4.69) is 10.6 Å². The number of hydrogen-bond donors (Lipinski definition) is 2. The summed E-state index contributed by atoms with van der Waals surface area (Å²) in [7, 11) is 2.89. The molecule has 0 saturated heterocycles. The summed E-state index contributed by atoms with van der Waals surface area (Å²) < 4.78 is 10.2. The molecule has 2 N–H and O–H groups in total. The van der Waals surface area contributed by atoms with Gasteiger partial charge in [-0.15, -0.1) is 0 Å². The van der Waals surface area contributed by atoms with Crippen LogP contribution < -0.4 is 15.4 Å². The average Bonchev–Trinajstić information content (AvgIpc) is 2.99. The highest BCUT2D eigenvalue weighted by molar-refractivity contribution is 6.30. The standard InChI is InChI=1S/C32H33ClN4O5/c1-19-5-4-6-28(37-14-12-21(16-30(37)38)25-17-22(33)7-10-29(25)41-2)27-15-20(11-13-34-27)24-9-8-23(35-32(40)42-3)18-26(24)36-31(19)39/h7-11,13,15-19,28H,4-6,12,14H2,1-3H3,(H,35,40)(H,36,39). The van der Waals surface area contributed by atoms with E-state index in [1.807, 2.05) is 36.1 Å². The zero-order chi connectivity index (χ0) is 29.8. The van der Waals surface area contributed by atoms with Crippen LogP contribution in [0.3, 0.4) is 0 Å². The maximum atomic E-state index is 13.6. The Bertz CT molecular complexity index is 1560. The molecular formula is C32H33ClN4O5. The fourth-order valence-electron chi connectivity index (χ4n) is 5.52. The zero-order valence-corrected chi connectivity index (χ0v) is 24.5. The summed E-state index contributed by atoms with van der Waals surface area (Å²) in [4.78, 5) is 45.2. The molecule has 5 rings (SSSR count). The first-order valence-corrected chi connectivity index (χ1v) is 14.3. The number of hydrogen-bond acceptors (Lipinski definition) is 6. The Hall–Kier alpha value is -4.37. The molecule has 2 aromatic carbocycles. The number of pyridine rings is 1. The van der Waals surface area contributed by atoms with Crippen molar-refractivity contribution in [3.05, 3.63) is 77.1 Å². The van der Waals surface area contributed by atoms with Crippen LogP contribution in [-0.2, 0) is 14.3 Å². The normalized spacial score (nSPS) is 19.0. The molecular weight excluding hydrogens is 556 g/mol. The van der Waals surface area contributed by atoms with Gasteiger partial charge in [-0.3, -0.25) is 19.9 Å². The first kappa shape index (κ1) is 29.1. The van der Waals surface area contributed by atoms with Crippen LogP contribution in [0.15, 0.2) is 60.8 Å². The van der Waals surface area contributed by atoms with Gasteiger partial charge in [0.05, 0.1) is 31.6 Å². The topological polar surface area (TPSA) is 110 Å². The molecule has 0 aliphatic carbocycles. The maximum Gasteiger partial charge on any atom is 0.411 e. The molecule has 0 fully saturated rings. The van der Waals surface area contributed by atoms with Gasteiger partial charge in [-0.1, -0.05) is 31.0 Å². The van der Waals surface area contributed by atoms with E-state index in [4.69, 9.17) is 26.1 Å². The van der Waals surface area contributed by atoms with Crippen LogP contribution in [0.4, 0.5) is 16.2 Å². The number of carbonyl (C=O) groups is 3. The SMILES string of the molecule is COC(=O)Nc1ccc2c(c1)NC(=O)C(C)CCCC(N1CCC(c3cc(Cl)ccc3OC)=CC1=O)c1cc-2ccn1. The third-order valence-electron chi connectivity index (χ3n) is 7.79. The molecule has 3 aromatic rings. The molecule has 0 radical (unpaired) electrons. The number of amides is 3. The lowest BCUT2D eigenvalue weighted by Gasteiger charge is -2.34. The summed E-state index contributed by atoms with van der Waals surface area (Å²) in [5.74, 6) is 0.186. The van der Waals surface area contributed by atoms with Gasteiger partial charge in [0.15, 0.2) is 0 Å². The number of nitrogens with zero attached hydrogens (tertiary/aromatic N) is 2. The lowest BCUT2D eigenvalue weighted by atomic mass is 9.92. The largest absolute Gasteiger partial charge is 0.496 e. The van der Waals surface area contributed by atoms with E-state index in [0.29, 0.717) is 48.0 Å². The summed E-state index contributed by atoms with van der Waals surface area (Å²) in [5.41, 5.74) is 5.13. The van der Waals surface area contributed by atoms with Crippen LogP contribution in [0.5, 0.6) is 5.75 Å². The number of fused-ring (bicyclic) bond motifs is 4. The van der Waals surface area contributed by atoms with Gasteiger partial charge in [-0.2, -0.15) is 0 Å². The molecule has 2 aliphatic heterocycles. The highest BCUT2D eigenvalue weighted by Gasteiger charge is 2.30. The molecule has 2 bridgehead atoms. The smallest absolute Gasteiger partial charge is 0.411 e. The van der Waals surface area contributed by atoms with Crippen LogP contribution in [0.2, 0.25) is 5.02 Å². The van der Waals surface area contributed by atoms with Crippen molar-refractivity contribution in [2.24, 2.45) is 5.92 Å². The van der Waals surface area contributed by atoms with Crippen molar-refractivity contribution in [2.75, 3.05) is 31.4 Å². The highest BCUT2D eigenvalue weighted by Crippen LogP contribution is 2.38. The van der Waals surface area contributed by atoms with Gasteiger partial charge in [0.2, 0.25) is 11.8 Å². The lowest BCUT2D eigenvalue weighted by molar-refractivity contribution is -0.129. The van der Waals surface area contributed by atoms with Gasteiger partial charge in [-0.05, 0) is 72.9 Å². The van der Waals surface area contributed by atoms with Gasteiger partial charge >= 0.3 is 6.09 Å². The second-order valence-corrected chi connectivity index (χ2v) is 10.9.